The van der Waals surface area contributed by atoms with Gasteiger partial charge in [-0.2, -0.15) is 0 Å². The molecule has 1 atom stereocenters. The van der Waals surface area contributed by atoms with Crippen molar-refractivity contribution in [2.24, 2.45) is 0 Å². The number of aryl methyl sites for hydroxylation is 1. The molecule has 20 heavy (non-hydrogen) atoms. The summed E-state index contributed by atoms with van der Waals surface area (Å²) in [6.07, 6.45) is 0. The van der Waals surface area contributed by atoms with Gasteiger partial charge in [0.1, 0.15) is 5.75 Å². The van der Waals surface area contributed by atoms with Crippen molar-refractivity contribution in [3.63, 3.8) is 0 Å². The van der Waals surface area contributed by atoms with Gasteiger partial charge in [0, 0.05) is 9.50 Å². The van der Waals surface area contributed by atoms with Crippen LogP contribution in [0.1, 0.15) is 28.4 Å². The molecule has 0 saturated heterocycles. The van der Waals surface area contributed by atoms with Gasteiger partial charge >= 0.3 is 0 Å². The molecule has 0 N–H and O–H groups in total. The Labute approximate surface area is 141 Å². The van der Waals surface area contributed by atoms with E-state index in [1.807, 2.05) is 38.1 Å². The van der Waals surface area contributed by atoms with Crippen LogP contribution in [0.3, 0.4) is 0 Å². The highest BCUT2D eigenvalue weighted by atomic mass is 79.9. The van der Waals surface area contributed by atoms with Crippen molar-refractivity contribution < 1.29 is 4.74 Å². The molecule has 0 amide bonds. The lowest BCUT2D eigenvalue weighted by Gasteiger charge is -2.15. The number of benzene rings is 2. The topological polar surface area (TPSA) is 9.23 Å². The number of ether oxygens (including phenoxy) is 1. The zero-order valence-corrected chi connectivity index (χ0v) is 15.2. The third-order valence-corrected chi connectivity index (χ3v) is 5.16. The van der Waals surface area contributed by atoms with E-state index in [0.717, 1.165) is 26.4 Å². The molecule has 0 fully saturated rings. The van der Waals surface area contributed by atoms with E-state index in [0.29, 0.717) is 6.61 Å². The summed E-state index contributed by atoms with van der Waals surface area (Å²) in [6.45, 7) is 4.66. The molecule has 0 aliphatic heterocycles. The summed E-state index contributed by atoms with van der Waals surface area (Å²) in [5.74, 6) is 0.870. The second kappa shape index (κ2) is 6.97. The second-order valence-corrected chi connectivity index (χ2v) is 6.66. The first-order chi connectivity index (χ1) is 9.52. The fourth-order valence-corrected chi connectivity index (χ4v) is 3.67. The monoisotopic (exact) mass is 416 g/mol. The summed E-state index contributed by atoms with van der Waals surface area (Å²) >= 11 is 13.4. The van der Waals surface area contributed by atoms with E-state index in [9.17, 15) is 0 Å². The van der Waals surface area contributed by atoms with Crippen LogP contribution in [0.2, 0.25) is 5.02 Å². The average molecular weight is 419 g/mol. The molecule has 0 aliphatic carbocycles. The summed E-state index contributed by atoms with van der Waals surface area (Å²) < 4.78 is 6.53. The van der Waals surface area contributed by atoms with Crippen LogP contribution in [0.5, 0.6) is 5.75 Å². The Morgan fingerprint density at radius 2 is 1.95 bits per heavy atom. The van der Waals surface area contributed by atoms with Crippen molar-refractivity contribution in [2.45, 2.75) is 18.7 Å². The van der Waals surface area contributed by atoms with Crippen LogP contribution >= 0.6 is 43.5 Å². The number of alkyl halides is 1. The molecule has 0 radical (unpaired) electrons. The Kier molecular flexibility index (Phi) is 5.53. The van der Waals surface area contributed by atoms with Crippen LogP contribution in [-0.4, -0.2) is 6.61 Å². The zero-order valence-electron chi connectivity index (χ0n) is 11.3. The lowest BCUT2D eigenvalue weighted by Crippen LogP contribution is -1.97. The van der Waals surface area contributed by atoms with E-state index in [1.54, 1.807) is 0 Å². The maximum absolute atomic E-state index is 6.08. The normalized spacial score (nSPS) is 12.2. The van der Waals surface area contributed by atoms with Gasteiger partial charge in [0.15, 0.2) is 0 Å². The van der Waals surface area contributed by atoms with Crippen LogP contribution in [0.25, 0.3) is 0 Å². The standard InChI is InChI=1S/C16H15Br2ClO/c1-3-20-12-5-6-13(14(17)9-12)16(18)11-4-7-15(19)10(2)8-11/h4-9,16H,3H2,1-2H3. The largest absolute Gasteiger partial charge is 0.494 e. The van der Waals surface area contributed by atoms with Crippen molar-refractivity contribution >= 4 is 43.5 Å². The van der Waals surface area contributed by atoms with Crippen molar-refractivity contribution in [3.05, 3.63) is 62.6 Å². The minimum Gasteiger partial charge on any atom is -0.494 e. The average Bonchev–Trinajstić information content (AvgIpc) is 2.42. The molecule has 1 nitrogen and oxygen atoms in total. The molecular weight excluding hydrogens is 403 g/mol. The van der Waals surface area contributed by atoms with E-state index in [-0.39, 0.29) is 4.83 Å². The zero-order chi connectivity index (χ0) is 14.7. The van der Waals surface area contributed by atoms with Crippen molar-refractivity contribution in [1.29, 1.82) is 0 Å². The third-order valence-electron chi connectivity index (χ3n) is 3.03. The maximum atomic E-state index is 6.08. The van der Waals surface area contributed by atoms with Crippen LogP contribution in [0.15, 0.2) is 40.9 Å². The Morgan fingerprint density at radius 3 is 2.55 bits per heavy atom. The first kappa shape index (κ1) is 15.9. The lowest BCUT2D eigenvalue weighted by atomic mass is 10.0. The van der Waals surface area contributed by atoms with Crippen molar-refractivity contribution in [3.8, 4) is 5.75 Å². The van der Waals surface area contributed by atoms with E-state index < -0.39 is 0 Å². The molecule has 0 aliphatic rings. The summed E-state index contributed by atoms with van der Waals surface area (Å²) in [7, 11) is 0. The molecule has 0 saturated carbocycles. The predicted octanol–water partition coefficient (Wildman–Crippen LogP) is 6.29. The first-order valence-electron chi connectivity index (χ1n) is 6.35. The van der Waals surface area contributed by atoms with Gasteiger partial charge in [0.05, 0.1) is 11.4 Å². The van der Waals surface area contributed by atoms with Crippen LogP contribution < -0.4 is 4.74 Å². The predicted molar refractivity (Wildman–Crippen MR) is 92.3 cm³/mol. The van der Waals surface area contributed by atoms with Crippen LogP contribution in [0.4, 0.5) is 0 Å². The fourth-order valence-electron chi connectivity index (χ4n) is 1.97. The van der Waals surface area contributed by atoms with E-state index >= 15 is 0 Å². The highest BCUT2D eigenvalue weighted by molar-refractivity contribution is 9.11. The molecular formula is C16H15Br2ClO. The smallest absolute Gasteiger partial charge is 0.120 e. The van der Waals surface area contributed by atoms with E-state index in [4.69, 9.17) is 16.3 Å². The Balaban J connectivity index is 2.32. The van der Waals surface area contributed by atoms with Gasteiger partial charge in [-0.1, -0.05) is 61.7 Å². The van der Waals surface area contributed by atoms with Gasteiger partial charge in [0.25, 0.3) is 0 Å². The van der Waals surface area contributed by atoms with E-state index in [1.165, 1.54) is 5.56 Å². The van der Waals surface area contributed by atoms with Crippen LogP contribution in [0, 0.1) is 6.92 Å². The molecule has 0 spiro atoms. The second-order valence-electron chi connectivity index (χ2n) is 4.49. The minimum absolute atomic E-state index is 0.114. The molecule has 2 aromatic rings. The van der Waals surface area contributed by atoms with Gasteiger partial charge < -0.3 is 4.74 Å². The molecule has 0 heterocycles. The molecule has 2 aromatic carbocycles. The molecule has 2 rings (SSSR count). The molecule has 4 heteroatoms. The van der Waals surface area contributed by atoms with Gasteiger partial charge in [-0.05, 0) is 48.7 Å². The van der Waals surface area contributed by atoms with E-state index in [2.05, 4.69) is 44.0 Å². The van der Waals surface area contributed by atoms with Gasteiger partial charge in [-0.25, -0.2) is 0 Å². The van der Waals surface area contributed by atoms with Gasteiger partial charge in [-0.15, -0.1) is 0 Å². The number of rotatable bonds is 4. The summed E-state index contributed by atoms with van der Waals surface area (Å²) in [5.41, 5.74) is 3.42. The van der Waals surface area contributed by atoms with Crippen LogP contribution in [-0.2, 0) is 0 Å². The highest BCUT2D eigenvalue weighted by Crippen LogP contribution is 2.37. The number of hydrogen-bond acceptors (Lipinski definition) is 1. The van der Waals surface area contributed by atoms with Crippen molar-refractivity contribution in [1.82, 2.24) is 0 Å². The molecule has 106 valence electrons. The summed E-state index contributed by atoms with van der Waals surface area (Å²) in [4.78, 5) is 0.114. The summed E-state index contributed by atoms with van der Waals surface area (Å²) in [5, 5.41) is 0.791. The molecule has 0 bridgehead atoms. The number of hydrogen-bond donors (Lipinski definition) is 0. The Hall–Kier alpha value is -0.510. The van der Waals surface area contributed by atoms with Gasteiger partial charge in [-0.3, -0.25) is 0 Å². The highest BCUT2D eigenvalue weighted by Gasteiger charge is 2.15. The maximum Gasteiger partial charge on any atom is 0.120 e. The van der Waals surface area contributed by atoms with Crippen molar-refractivity contribution in [2.75, 3.05) is 6.61 Å². The number of halogens is 3. The molecule has 0 aromatic heterocycles. The fraction of sp³-hybridized carbons (Fsp3) is 0.250. The summed E-state index contributed by atoms with van der Waals surface area (Å²) in [6, 6.07) is 12.1. The van der Waals surface area contributed by atoms with Gasteiger partial charge in [0.2, 0.25) is 0 Å². The molecule has 1 unspecified atom stereocenters. The third kappa shape index (κ3) is 3.57. The lowest BCUT2D eigenvalue weighted by molar-refractivity contribution is 0.340. The minimum atomic E-state index is 0.114. The SMILES string of the molecule is CCOc1ccc(C(Br)c2ccc(Cl)c(C)c2)c(Br)c1. The first-order valence-corrected chi connectivity index (χ1v) is 8.44. The Morgan fingerprint density at radius 1 is 1.20 bits per heavy atom. The Bertz CT molecular complexity index is 613. The quantitative estimate of drug-likeness (QED) is 0.530.